The van der Waals surface area contributed by atoms with Gasteiger partial charge >= 0.3 is 0 Å². The minimum atomic E-state index is -0.446. The average molecular weight is 375 g/mol. The molecule has 1 aliphatic heterocycles. The Morgan fingerprint density at radius 1 is 1.27 bits per heavy atom. The summed E-state index contributed by atoms with van der Waals surface area (Å²) in [6.07, 6.45) is 8.01. The molecule has 1 N–H and O–H groups in total. The lowest BCUT2D eigenvalue weighted by Gasteiger charge is -2.35. The van der Waals surface area contributed by atoms with E-state index in [1.165, 1.54) is 25.7 Å². The van der Waals surface area contributed by atoms with Gasteiger partial charge in [0.05, 0.1) is 23.9 Å². The lowest BCUT2D eigenvalue weighted by Crippen LogP contribution is -2.40. The van der Waals surface area contributed by atoms with Crippen LogP contribution in [0.25, 0.3) is 0 Å². The van der Waals surface area contributed by atoms with Crippen LogP contribution in [-0.2, 0) is 5.54 Å². The van der Waals surface area contributed by atoms with Crippen molar-refractivity contribution in [2.75, 3.05) is 12.4 Å². The average Bonchev–Trinajstić information content (AvgIpc) is 2.92. The van der Waals surface area contributed by atoms with Crippen LogP contribution in [0, 0.1) is 0 Å². The van der Waals surface area contributed by atoms with Crippen LogP contribution in [0.2, 0.25) is 5.02 Å². The lowest BCUT2D eigenvalue weighted by atomic mass is 9.80. The molecule has 4 rings (SSSR count). The maximum Gasteiger partial charge on any atom is 0.275 e. The predicted molar refractivity (Wildman–Crippen MR) is 97.6 cm³/mol. The molecule has 2 aromatic heterocycles. The number of hydrogen-bond donors (Lipinski definition) is 1. The Balaban J connectivity index is 1.84. The van der Waals surface area contributed by atoms with Gasteiger partial charge in [0.15, 0.2) is 17.4 Å². The van der Waals surface area contributed by atoms with Crippen LogP contribution in [0.5, 0.6) is 5.75 Å². The molecule has 7 nitrogen and oxygen atoms in total. The van der Waals surface area contributed by atoms with Crippen molar-refractivity contribution in [1.82, 2.24) is 14.5 Å². The van der Waals surface area contributed by atoms with Crippen LogP contribution in [0.1, 0.15) is 49.0 Å². The van der Waals surface area contributed by atoms with Gasteiger partial charge in [-0.25, -0.2) is 9.97 Å². The van der Waals surface area contributed by atoms with Gasteiger partial charge in [0.2, 0.25) is 0 Å². The first-order chi connectivity index (χ1) is 12.6. The fourth-order valence-corrected chi connectivity index (χ4v) is 4.44. The summed E-state index contributed by atoms with van der Waals surface area (Å²) in [5.74, 6) is 0.732. The summed E-state index contributed by atoms with van der Waals surface area (Å²) in [7, 11) is 1.50. The van der Waals surface area contributed by atoms with E-state index in [1.807, 2.05) is 0 Å². The quantitative estimate of drug-likeness (QED) is 0.887. The van der Waals surface area contributed by atoms with Gasteiger partial charge in [-0.1, -0.05) is 30.9 Å². The number of pyridine rings is 1. The second-order valence-electron chi connectivity index (χ2n) is 6.84. The molecule has 136 valence electrons. The van der Waals surface area contributed by atoms with E-state index < -0.39 is 5.54 Å². The van der Waals surface area contributed by atoms with E-state index >= 15 is 0 Å². The number of rotatable bonds is 3. The maximum absolute atomic E-state index is 13.2. The number of nitrogens with zero attached hydrogens (tertiary/aromatic N) is 3. The third kappa shape index (κ3) is 2.58. The van der Waals surface area contributed by atoms with E-state index in [0.29, 0.717) is 23.7 Å². The molecule has 0 amide bonds. The summed E-state index contributed by atoms with van der Waals surface area (Å²) in [5.41, 5.74) is -0.0919. The van der Waals surface area contributed by atoms with E-state index in [4.69, 9.17) is 16.3 Å². The van der Waals surface area contributed by atoms with Gasteiger partial charge in [-0.2, -0.15) is 0 Å². The Bertz CT molecular complexity index is 935. The fraction of sp³-hybridized carbons (Fsp3) is 0.444. The summed E-state index contributed by atoms with van der Waals surface area (Å²) < 4.78 is 6.86. The minimum Gasteiger partial charge on any atom is -0.491 e. The SMILES string of the molecule is COc1cncnc1Nc1cc(Cl)c2n(c1=O)C1(CCCCC1)CC2=O. The third-order valence-corrected chi connectivity index (χ3v) is 5.61. The first-order valence-electron chi connectivity index (χ1n) is 8.66. The number of carbonyl (C=O) groups excluding carboxylic acids is 1. The number of hydrogen-bond acceptors (Lipinski definition) is 6. The van der Waals surface area contributed by atoms with Crippen LogP contribution in [0.4, 0.5) is 11.5 Å². The third-order valence-electron chi connectivity index (χ3n) is 5.32. The first-order valence-corrected chi connectivity index (χ1v) is 9.04. The molecule has 1 fully saturated rings. The Morgan fingerprint density at radius 2 is 2.04 bits per heavy atom. The molecular formula is C18H19ClN4O3. The van der Waals surface area contributed by atoms with Gasteiger partial charge in [-0.05, 0) is 18.9 Å². The van der Waals surface area contributed by atoms with Gasteiger partial charge in [0.25, 0.3) is 5.56 Å². The minimum absolute atomic E-state index is 0.0554. The highest BCUT2D eigenvalue weighted by atomic mass is 35.5. The molecule has 26 heavy (non-hydrogen) atoms. The van der Waals surface area contributed by atoms with Crippen LogP contribution in [-0.4, -0.2) is 27.4 Å². The van der Waals surface area contributed by atoms with Crippen LogP contribution in [0.3, 0.4) is 0 Å². The summed E-state index contributed by atoms with van der Waals surface area (Å²) in [6, 6.07) is 1.50. The zero-order valence-corrected chi connectivity index (χ0v) is 15.2. The summed E-state index contributed by atoms with van der Waals surface area (Å²) in [4.78, 5) is 33.8. The number of ketones is 1. The van der Waals surface area contributed by atoms with E-state index in [2.05, 4.69) is 15.3 Å². The summed E-state index contributed by atoms with van der Waals surface area (Å²) >= 11 is 6.40. The van der Waals surface area contributed by atoms with Crippen molar-refractivity contribution in [3.05, 3.63) is 39.7 Å². The molecule has 2 aliphatic rings. The van der Waals surface area contributed by atoms with Crippen molar-refractivity contribution in [1.29, 1.82) is 0 Å². The zero-order valence-electron chi connectivity index (χ0n) is 14.4. The van der Waals surface area contributed by atoms with Gasteiger partial charge in [0, 0.05) is 6.42 Å². The second-order valence-corrected chi connectivity index (χ2v) is 7.25. The normalized spacial score (nSPS) is 18.0. The Morgan fingerprint density at radius 3 is 2.77 bits per heavy atom. The molecule has 1 saturated carbocycles. The van der Waals surface area contributed by atoms with Gasteiger partial charge in [0.1, 0.15) is 17.7 Å². The topological polar surface area (TPSA) is 86.1 Å². The van der Waals surface area contributed by atoms with Crippen molar-refractivity contribution in [2.24, 2.45) is 0 Å². The number of methoxy groups -OCH3 is 1. The molecule has 1 aliphatic carbocycles. The van der Waals surface area contributed by atoms with Crippen molar-refractivity contribution in [3.63, 3.8) is 0 Å². The molecule has 0 bridgehead atoms. The zero-order chi connectivity index (χ0) is 18.3. The second kappa shape index (κ2) is 6.39. The fourth-order valence-electron chi connectivity index (χ4n) is 4.15. The Hall–Kier alpha value is -2.41. The number of ether oxygens (including phenoxy) is 1. The molecule has 3 heterocycles. The number of carbonyl (C=O) groups is 1. The van der Waals surface area contributed by atoms with Gasteiger partial charge < -0.3 is 10.1 Å². The van der Waals surface area contributed by atoms with Crippen molar-refractivity contribution in [2.45, 2.75) is 44.1 Å². The molecular weight excluding hydrogens is 356 g/mol. The summed E-state index contributed by atoms with van der Waals surface area (Å²) in [6.45, 7) is 0. The molecule has 2 aromatic rings. The number of Topliss-reactive ketones (excluding diaryl/α,β-unsaturated/α-hetero) is 1. The van der Waals surface area contributed by atoms with E-state index in [1.54, 1.807) is 4.57 Å². The number of aromatic nitrogens is 3. The maximum atomic E-state index is 13.2. The highest BCUT2D eigenvalue weighted by Gasteiger charge is 2.46. The van der Waals surface area contributed by atoms with Crippen LogP contribution >= 0.6 is 11.6 Å². The highest BCUT2D eigenvalue weighted by Crippen LogP contribution is 2.44. The lowest BCUT2D eigenvalue weighted by molar-refractivity contribution is 0.0950. The molecule has 0 unspecified atom stereocenters. The largest absolute Gasteiger partial charge is 0.491 e. The molecule has 0 radical (unpaired) electrons. The highest BCUT2D eigenvalue weighted by molar-refractivity contribution is 6.34. The number of halogens is 1. The van der Waals surface area contributed by atoms with E-state index in [9.17, 15) is 9.59 Å². The predicted octanol–water partition coefficient (Wildman–Crippen LogP) is 3.29. The van der Waals surface area contributed by atoms with E-state index in [0.717, 1.165) is 32.1 Å². The van der Waals surface area contributed by atoms with Crippen molar-refractivity contribution in [3.8, 4) is 5.75 Å². The van der Waals surface area contributed by atoms with Crippen LogP contribution in [0.15, 0.2) is 23.4 Å². The van der Waals surface area contributed by atoms with Crippen LogP contribution < -0.4 is 15.6 Å². The molecule has 0 atom stereocenters. The smallest absolute Gasteiger partial charge is 0.275 e. The number of nitrogens with one attached hydrogen (secondary N) is 1. The molecule has 8 heteroatoms. The monoisotopic (exact) mass is 374 g/mol. The number of fused-ring (bicyclic) bond motifs is 2. The van der Waals surface area contributed by atoms with E-state index in [-0.39, 0.29) is 22.1 Å². The van der Waals surface area contributed by atoms with Crippen molar-refractivity contribution < 1.29 is 9.53 Å². The molecule has 0 aromatic carbocycles. The van der Waals surface area contributed by atoms with Gasteiger partial charge in [-0.15, -0.1) is 0 Å². The Labute approximate surface area is 155 Å². The Kier molecular flexibility index (Phi) is 4.19. The van der Waals surface area contributed by atoms with Gasteiger partial charge in [-0.3, -0.25) is 14.2 Å². The molecule has 0 saturated heterocycles. The van der Waals surface area contributed by atoms with Crippen molar-refractivity contribution >= 4 is 28.9 Å². The standard InChI is InChI=1S/C18H19ClN4O3/c1-26-14-9-20-10-21-16(14)22-12-7-11(19)15-13(24)8-18(23(15)17(12)25)5-3-2-4-6-18/h7,9-10H,2-6,8H2,1H3,(H,20,21,22). The summed E-state index contributed by atoms with van der Waals surface area (Å²) in [5, 5.41) is 3.28. The first kappa shape index (κ1) is 17.0. The molecule has 1 spiro atoms. The number of anilines is 2.